The van der Waals surface area contributed by atoms with Gasteiger partial charge in [0.15, 0.2) is 5.82 Å². The third kappa shape index (κ3) is 5.68. The van der Waals surface area contributed by atoms with Crippen LogP contribution in [0.25, 0.3) is 111 Å². The fourth-order valence-corrected chi connectivity index (χ4v) is 8.08. The molecule has 0 spiro atoms. The molecule has 4 heterocycles. The van der Waals surface area contributed by atoms with E-state index in [4.69, 9.17) is 18.8 Å². The van der Waals surface area contributed by atoms with E-state index in [2.05, 4.69) is 133 Å². The van der Waals surface area contributed by atoms with Crippen molar-refractivity contribution >= 4 is 43.9 Å². The van der Waals surface area contributed by atoms with Gasteiger partial charge in [-0.2, -0.15) is 0 Å². The molecule has 5 nitrogen and oxygen atoms in total. The van der Waals surface area contributed by atoms with Crippen LogP contribution in [0, 0.1) is 6.92 Å². The highest BCUT2D eigenvalue weighted by Crippen LogP contribution is 2.42. The predicted octanol–water partition coefficient (Wildman–Crippen LogP) is 14.0. The SMILES string of the molecule is Cc1ccncc1-c1ccc(-c2cc(-c3ccccc3)nc(-c3cc(-c4cccc5c4oc4ccccc45)cc(-c4cccc5c4oc4ccccc45)c3)n2)cc1. The lowest BCUT2D eigenvalue weighted by molar-refractivity contribution is 0.670. The normalized spacial score (nSPS) is 11.6. The maximum atomic E-state index is 6.59. The van der Waals surface area contributed by atoms with E-state index < -0.39 is 0 Å². The van der Waals surface area contributed by atoms with Crippen LogP contribution in [0.1, 0.15) is 5.56 Å². The smallest absolute Gasteiger partial charge is 0.160 e. The molecule has 0 fully saturated rings. The highest BCUT2D eigenvalue weighted by Gasteiger charge is 2.19. The number of aromatic nitrogens is 3. The number of hydrogen-bond acceptors (Lipinski definition) is 5. The summed E-state index contributed by atoms with van der Waals surface area (Å²) in [5.74, 6) is 0.621. The second-order valence-electron chi connectivity index (χ2n) is 14.5. The van der Waals surface area contributed by atoms with E-state index in [1.54, 1.807) is 0 Å². The lowest BCUT2D eigenvalue weighted by atomic mass is 9.93. The van der Waals surface area contributed by atoms with Crippen LogP contribution in [0.15, 0.2) is 191 Å². The van der Waals surface area contributed by atoms with Crippen molar-refractivity contribution in [3.05, 3.63) is 188 Å². The minimum absolute atomic E-state index is 0.621. The number of fused-ring (bicyclic) bond motifs is 6. The average Bonchev–Trinajstić information content (AvgIpc) is 3.85. The Labute approximate surface area is 328 Å². The number of nitrogens with zero attached hydrogens (tertiary/aromatic N) is 3. The van der Waals surface area contributed by atoms with Crippen molar-refractivity contribution in [3.8, 4) is 67.3 Å². The summed E-state index contributed by atoms with van der Waals surface area (Å²) < 4.78 is 13.2. The molecule has 0 bridgehead atoms. The second kappa shape index (κ2) is 13.3. The van der Waals surface area contributed by atoms with Crippen LogP contribution in [-0.4, -0.2) is 15.0 Å². The number of para-hydroxylation sites is 4. The van der Waals surface area contributed by atoms with Crippen LogP contribution >= 0.6 is 0 Å². The molecule has 0 radical (unpaired) electrons. The fraction of sp³-hybridized carbons (Fsp3) is 0.0192. The molecule has 0 aliphatic carbocycles. The van der Waals surface area contributed by atoms with Gasteiger partial charge < -0.3 is 8.83 Å². The van der Waals surface area contributed by atoms with Gasteiger partial charge in [-0.1, -0.05) is 127 Å². The molecule has 0 aliphatic rings. The first kappa shape index (κ1) is 32.8. The zero-order valence-corrected chi connectivity index (χ0v) is 31.0. The number of hydrogen-bond donors (Lipinski definition) is 0. The molecule has 11 rings (SSSR count). The van der Waals surface area contributed by atoms with Gasteiger partial charge >= 0.3 is 0 Å². The molecule has 0 aliphatic heterocycles. The first-order chi connectivity index (χ1) is 28.1. The summed E-state index contributed by atoms with van der Waals surface area (Å²) in [7, 11) is 0. The first-order valence-electron chi connectivity index (χ1n) is 19.1. The third-order valence-electron chi connectivity index (χ3n) is 10.9. The highest BCUT2D eigenvalue weighted by molar-refractivity contribution is 6.11. The molecule has 57 heavy (non-hydrogen) atoms. The molecule has 268 valence electrons. The van der Waals surface area contributed by atoms with Gasteiger partial charge in [-0.05, 0) is 71.6 Å². The van der Waals surface area contributed by atoms with Crippen LogP contribution in [0.3, 0.4) is 0 Å². The van der Waals surface area contributed by atoms with Gasteiger partial charge in [0, 0.05) is 67.3 Å². The van der Waals surface area contributed by atoms with Crippen molar-refractivity contribution in [3.63, 3.8) is 0 Å². The zero-order valence-electron chi connectivity index (χ0n) is 31.0. The minimum Gasteiger partial charge on any atom is -0.455 e. The second-order valence-corrected chi connectivity index (χ2v) is 14.5. The average molecular weight is 732 g/mol. The van der Waals surface area contributed by atoms with Crippen molar-refractivity contribution in [2.24, 2.45) is 0 Å². The Kier molecular flexibility index (Phi) is 7.64. The molecule has 0 atom stereocenters. The van der Waals surface area contributed by atoms with E-state index >= 15 is 0 Å². The quantitative estimate of drug-likeness (QED) is 0.170. The number of rotatable bonds is 6. The van der Waals surface area contributed by atoms with E-state index in [9.17, 15) is 0 Å². The van der Waals surface area contributed by atoms with Crippen molar-refractivity contribution in [2.45, 2.75) is 6.92 Å². The standard InChI is InChI=1S/C52H33N3O2/c1-32-25-26-53-31-45(32)33-21-23-35(24-22-33)47-30-46(34-11-3-2-4-12-34)54-52(55-47)38-28-36(39-15-9-17-43-41-13-5-7-19-48(41)56-50(39)43)27-37(29-38)40-16-10-18-44-42-14-6-8-20-49(42)57-51(40)44/h2-31H,1H3. The van der Waals surface area contributed by atoms with Crippen LogP contribution in [0.5, 0.6) is 0 Å². The molecule has 0 N–H and O–H groups in total. The molecule has 0 amide bonds. The Hall–Kier alpha value is -7.63. The van der Waals surface area contributed by atoms with Crippen molar-refractivity contribution in [1.29, 1.82) is 0 Å². The molecule has 0 saturated carbocycles. The fourth-order valence-electron chi connectivity index (χ4n) is 8.08. The van der Waals surface area contributed by atoms with E-state index in [-0.39, 0.29) is 0 Å². The number of benzene rings is 7. The Morgan fingerprint density at radius 3 is 1.49 bits per heavy atom. The number of aryl methyl sites for hydroxylation is 1. The topological polar surface area (TPSA) is 65.0 Å². The van der Waals surface area contributed by atoms with E-state index in [0.717, 1.165) is 105 Å². The van der Waals surface area contributed by atoms with Crippen LogP contribution < -0.4 is 0 Å². The Bertz CT molecular complexity index is 3170. The van der Waals surface area contributed by atoms with Crippen LogP contribution in [0.4, 0.5) is 0 Å². The van der Waals surface area contributed by atoms with E-state index in [1.165, 1.54) is 5.56 Å². The molecule has 7 aromatic carbocycles. The van der Waals surface area contributed by atoms with Crippen molar-refractivity contribution in [1.82, 2.24) is 15.0 Å². The molecular formula is C52H33N3O2. The summed E-state index contributed by atoms with van der Waals surface area (Å²) in [5.41, 5.74) is 15.3. The predicted molar refractivity (Wildman–Crippen MR) is 232 cm³/mol. The first-order valence-corrected chi connectivity index (χ1v) is 19.1. The van der Waals surface area contributed by atoms with Crippen LogP contribution in [-0.2, 0) is 0 Å². The van der Waals surface area contributed by atoms with Gasteiger partial charge in [0.1, 0.15) is 22.3 Å². The Balaban J connectivity index is 1.15. The molecular weight excluding hydrogens is 699 g/mol. The van der Waals surface area contributed by atoms with Crippen molar-refractivity contribution in [2.75, 3.05) is 0 Å². The van der Waals surface area contributed by atoms with Gasteiger partial charge in [-0.25, -0.2) is 9.97 Å². The molecule has 0 unspecified atom stereocenters. The number of furan rings is 2. The maximum absolute atomic E-state index is 6.59. The lowest BCUT2D eigenvalue weighted by Gasteiger charge is -2.14. The summed E-state index contributed by atoms with van der Waals surface area (Å²) in [6.07, 6.45) is 3.75. The zero-order chi connectivity index (χ0) is 37.9. The largest absolute Gasteiger partial charge is 0.455 e. The molecule has 0 saturated heterocycles. The maximum Gasteiger partial charge on any atom is 0.160 e. The van der Waals surface area contributed by atoms with Crippen molar-refractivity contribution < 1.29 is 8.83 Å². The summed E-state index contributed by atoms with van der Waals surface area (Å²) in [5, 5.41) is 4.32. The summed E-state index contributed by atoms with van der Waals surface area (Å²) in [6.45, 7) is 2.11. The van der Waals surface area contributed by atoms with E-state index in [0.29, 0.717) is 5.82 Å². The van der Waals surface area contributed by atoms with Gasteiger partial charge in [0.2, 0.25) is 0 Å². The lowest BCUT2D eigenvalue weighted by Crippen LogP contribution is -1.97. The highest BCUT2D eigenvalue weighted by atomic mass is 16.3. The van der Waals surface area contributed by atoms with E-state index in [1.807, 2.05) is 60.9 Å². The summed E-state index contributed by atoms with van der Waals surface area (Å²) >= 11 is 0. The Morgan fingerprint density at radius 1 is 0.386 bits per heavy atom. The summed E-state index contributed by atoms with van der Waals surface area (Å²) in [4.78, 5) is 15.0. The molecule has 5 heteroatoms. The van der Waals surface area contributed by atoms with Gasteiger partial charge in [0.05, 0.1) is 11.4 Å². The van der Waals surface area contributed by atoms with Gasteiger partial charge in [-0.3, -0.25) is 4.98 Å². The molecule has 4 aromatic heterocycles. The Morgan fingerprint density at radius 2 is 0.895 bits per heavy atom. The third-order valence-corrected chi connectivity index (χ3v) is 10.9. The number of pyridine rings is 1. The van der Waals surface area contributed by atoms with Gasteiger partial charge in [0.25, 0.3) is 0 Å². The van der Waals surface area contributed by atoms with Gasteiger partial charge in [-0.15, -0.1) is 0 Å². The molecule has 11 aromatic rings. The monoisotopic (exact) mass is 731 g/mol. The summed E-state index contributed by atoms with van der Waals surface area (Å²) in [6, 6.07) is 58.7. The minimum atomic E-state index is 0.621. The van der Waals surface area contributed by atoms with Crippen LogP contribution in [0.2, 0.25) is 0 Å².